The fourth-order valence-electron chi connectivity index (χ4n) is 3.48. The Balaban J connectivity index is 1.45. The van der Waals surface area contributed by atoms with Gasteiger partial charge in [0.15, 0.2) is 0 Å². The number of benzene rings is 1. The highest BCUT2D eigenvalue weighted by Gasteiger charge is 2.24. The van der Waals surface area contributed by atoms with Crippen molar-refractivity contribution >= 4 is 0 Å². The number of nitrogens with zero attached hydrogens (tertiary/aromatic N) is 2. The summed E-state index contributed by atoms with van der Waals surface area (Å²) < 4.78 is 5.88. The molecule has 22 heavy (non-hydrogen) atoms. The smallest absolute Gasteiger partial charge is 0.137 e. The molecule has 2 aromatic rings. The van der Waals surface area contributed by atoms with E-state index in [4.69, 9.17) is 9.72 Å². The van der Waals surface area contributed by atoms with Gasteiger partial charge < -0.3 is 9.72 Å². The molecule has 4 rings (SSSR count). The molecule has 116 valence electrons. The van der Waals surface area contributed by atoms with Crippen molar-refractivity contribution in [1.29, 1.82) is 0 Å². The lowest BCUT2D eigenvalue weighted by Crippen LogP contribution is -2.38. The minimum Gasteiger partial charge on any atom is -0.377 e. The molecular weight excluding hydrogens is 274 g/mol. The van der Waals surface area contributed by atoms with Crippen molar-refractivity contribution < 1.29 is 4.74 Å². The maximum Gasteiger partial charge on any atom is 0.137 e. The van der Waals surface area contributed by atoms with Crippen LogP contribution in [0.25, 0.3) is 11.4 Å². The fraction of sp³-hybridized carbons (Fsp3) is 0.500. The summed E-state index contributed by atoms with van der Waals surface area (Å²) in [5.74, 6) is 1.00. The van der Waals surface area contributed by atoms with Gasteiger partial charge in [0.1, 0.15) is 5.82 Å². The number of hydrogen-bond donors (Lipinski definition) is 1. The minimum absolute atomic E-state index is 0.423. The summed E-state index contributed by atoms with van der Waals surface area (Å²) >= 11 is 0. The number of hydrogen-bond acceptors (Lipinski definition) is 3. The summed E-state index contributed by atoms with van der Waals surface area (Å²) in [6, 6.07) is 10.4. The van der Waals surface area contributed by atoms with Gasteiger partial charge in [-0.1, -0.05) is 30.3 Å². The Kier molecular flexibility index (Phi) is 3.95. The molecule has 0 radical (unpaired) electrons. The van der Waals surface area contributed by atoms with Crippen LogP contribution in [0.3, 0.4) is 0 Å². The lowest BCUT2D eigenvalue weighted by Gasteiger charge is -2.31. The molecule has 0 spiro atoms. The third kappa shape index (κ3) is 2.94. The van der Waals surface area contributed by atoms with Gasteiger partial charge in [0.25, 0.3) is 0 Å². The van der Waals surface area contributed by atoms with Crippen LogP contribution in [0.2, 0.25) is 0 Å². The van der Waals surface area contributed by atoms with Crippen molar-refractivity contribution in [3.05, 3.63) is 41.7 Å². The predicted molar refractivity (Wildman–Crippen MR) is 86.6 cm³/mol. The topological polar surface area (TPSA) is 41.2 Å². The zero-order valence-electron chi connectivity index (χ0n) is 12.9. The summed E-state index contributed by atoms with van der Waals surface area (Å²) in [5.41, 5.74) is 3.68. The van der Waals surface area contributed by atoms with E-state index in [1.54, 1.807) is 0 Å². The van der Waals surface area contributed by atoms with Gasteiger partial charge >= 0.3 is 0 Å². The average molecular weight is 297 g/mol. The highest BCUT2D eigenvalue weighted by molar-refractivity contribution is 5.55. The SMILES string of the molecule is c1ccc(-c2nc3c([nH]2)CN(C[C@H]2CCCCO2)CC3)cc1. The van der Waals surface area contributed by atoms with Crippen molar-refractivity contribution in [2.75, 3.05) is 19.7 Å². The van der Waals surface area contributed by atoms with Crippen molar-refractivity contribution in [1.82, 2.24) is 14.9 Å². The van der Waals surface area contributed by atoms with Crippen LogP contribution < -0.4 is 0 Å². The van der Waals surface area contributed by atoms with Crippen LogP contribution in [0.5, 0.6) is 0 Å². The number of fused-ring (bicyclic) bond motifs is 1. The summed E-state index contributed by atoms with van der Waals surface area (Å²) in [4.78, 5) is 10.8. The molecule has 2 aliphatic rings. The van der Waals surface area contributed by atoms with Gasteiger partial charge in [0.2, 0.25) is 0 Å². The van der Waals surface area contributed by atoms with E-state index in [1.807, 2.05) is 6.07 Å². The van der Waals surface area contributed by atoms with Crippen molar-refractivity contribution in [3.63, 3.8) is 0 Å². The molecule has 0 aliphatic carbocycles. The number of aromatic nitrogens is 2. The maximum absolute atomic E-state index is 5.88. The van der Waals surface area contributed by atoms with Gasteiger partial charge in [0.05, 0.1) is 17.5 Å². The van der Waals surface area contributed by atoms with E-state index in [0.29, 0.717) is 6.10 Å². The molecule has 1 aromatic carbocycles. The van der Waals surface area contributed by atoms with Crippen LogP contribution >= 0.6 is 0 Å². The number of aromatic amines is 1. The van der Waals surface area contributed by atoms with E-state index in [-0.39, 0.29) is 0 Å². The first-order chi connectivity index (χ1) is 10.9. The Labute approximate surface area is 131 Å². The molecule has 0 saturated carbocycles. The summed E-state index contributed by atoms with van der Waals surface area (Å²) in [6.07, 6.45) is 5.20. The quantitative estimate of drug-likeness (QED) is 0.947. The molecule has 0 unspecified atom stereocenters. The number of imidazole rings is 1. The Morgan fingerprint density at radius 2 is 2.14 bits per heavy atom. The highest BCUT2D eigenvalue weighted by atomic mass is 16.5. The number of rotatable bonds is 3. The fourth-order valence-corrected chi connectivity index (χ4v) is 3.48. The van der Waals surface area contributed by atoms with Crippen molar-refractivity contribution in [3.8, 4) is 11.4 Å². The van der Waals surface area contributed by atoms with Crippen LogP contribution in [0, 0.1) is 0 Å². The van der Waals surface area contributed by atoms with Gasteiger partial charge in [-0.15, -0.1) is 0 Å². The molecule has 1 saturated heterocycles. The van der Waals surface area contributed by atoms with Crippen LogP contribution in [0.15, 0.2) is 30.3 Å². The Morgan fingerprint density at radius 1 is 1.23 bits per heavy atom. The van der Waals surface area contributed by atoms with Gasteiger partial charge in [-0.3, -0.25) is 4.90 Å². The molecule has 4 heteroatoms. The first-order valence-electron chi connectivity index (χ1n) is 8.35. The second-order valence-corrected chi connectivity index (χ2v) is 6.35. The number of H-pyrrole nitrogens is 1. The van der Waals surface area contributed by atoms with Crippen LogP contribution in [0.4, 0.5) is 0 Å². The molecule has 4 nitrogen and oxygen atoms in total. The van der Waals surface area contributed by atoms with Gasteiger partial charge in [-0.05, 0) is 19.3 Å². The van der Waals surface area contributed by atoms with E-state index in [9.17, 15) is 0 Å². The standard InChI is InChI=1S/C18H23N3O/c1-2-6-14(7-3-1)18-19-16-9-10-21(13-17(16)20-18)12-15-8-4-5-11-22-15/h1-3,6-7,15H,4-5,8-13H2,(H,19,20)/t15-/m1/s1. The van der Waals surface area contributed by atoms with Gasteiger partial charge in [0, 0.05) is 38.2 Å². The van der Waals surface area contributed by atoms with E-state index in [0.717, 1.165) is 38.5 Å². The molecule has 0 bridgehead atoms. The van der Waals surface area contributed by atoms with Gasteiger partial charge in [-0.25, -0.2) is 4.98 Å². The zero-order chi connectivity index (χ0) is 14.8. The van der Waals surface area contributed by atoms with Crippen LogP contribution in [0.1, 0.15) is 30.7 Å². The molecule has 1 N–H and O–H groups in total. The predicted octanol–water partition coefficient (Wildman–Crippen LogP) is 3.00. The molecule has 2 aliphatic heterocycles. The normalized spacial score (nSPS) is 22.5. The number of nitrogens with one attached hydrogen (secondary N) is 1. The molecule has 1 atom stereocenters. The molecule has 1 aromatic heterocycles. The van der Waals surface area contributed by atoms with Crippen molar-refractivity contribution in [2.24, 2.45) is 0 Å². The third-order valence-electron chi connectivity index (χ3n) is 4.69. The first-order valence-corrected chi connectivity index (χ1v) is 8.35. The van der Waals surface area contributed by atoms with E-state index < -0.39 is 0 Å². The molecular formula is C18H23N3O. The largest absolute Gasteiger partial charge is 0.377 e. The maximum atomic E-state index is 5.88. The molecule has 1 fully saturated rings. The van der Waals surface area contributed by atoms with Crippen LogP contribution in [-0.4, -0.2) is 40.7 Å². The highest BCUT2D eigenvalue weighted by Crippen LogP contribution is 2.23. The zero-order valence-corrected chi connectivity index (χ0v) is 12.9. The third-order valence-corrected chi connectivity index (χ3v) is 4.69. The molecule has 0 amide bonds. The van der Waals surface area contributed by atoms with Crippen LogP contribution in [-0.2, 0) is 17.7 Å². The van der Waals surface area contributed by atoms with Gasteiger partial charge in [-0.2, -0.15) is 0 Å². The summed E-state index contributed by atoms with van der Waals surface area (Å²) in [5, 5.41) is 0. The Bertz CT molecular complexity index is 617. The van der Waals surface area contributed by atoms with E-state index in [1.165, 1.54) is 36.2 Å². The summed E-state index contributed by atoms with van der Waals surface area (Å²) in [6.45, 7) is 4.05. The average Bonchev–Trinajstić information content (AvgIpc) is 3.00. The van der Waals surface area contributed by atoms with E-state index in [2.05, 4.69) is 34.1 Å². The Morgan fingerprint density at radius 3 is 2.95 bits per heavy atom. The minimum atomic E-state index is 0.423. The summed E-state index contributed by atoms with van der Waals surface area (Å²) in [7, 11) is 0. The second kappa shape index (κ2) is 6.23. The molecule has 3 heterocycles. The first kappa shape index (κ1) is 14.0. The monoisotopic (exact) mass is 297 g/mol. The second-order valence-electron chi connectivity index (χ2n) is 6.35. The Hall–Kier alpha value is -1.65. The van der Waals surface area contributed by atoms with Crippen molar-refractivity contribution in [2.45, 2.75) is 38.3 Å². The lowest BCUT2D eigenvalue weighted by molar-refractivity contribution is -0.00826. The number of ether oxygens (including phenoxy) is 1. The lowest BCUT2D eigenvalue weighted by atomic mass is 10.1. The van der Waals surface area contributed by atoms with E-state index >= 15 is 0 Å².